The number of carbonyl (C=O) groups is 1. The van der Waals surface area contributed by atoms with E-state index in [0.29, 0.717) is 36.2 Å². The van der Waals surface area contributed by atoms with E-state index in [-0.39, 0.29) is 11.0 Å². The van der Waals surface area contributed by atoms with Crippen molar-refractivity contribution >= 4 is 28.9 Å². The molecule has 0 saturated heterocycles. The van der Waals surface area contributed by atoms with Crippen molar-refractivity contribution in [3.63, 3.8) is 0 Å². The van der Waals surface area contributed by atoms with Crippen molar-refractivity contribution < 1.29 is 14.3 Å². The zero-order chi connectivity index (χ0) is 17.8. The van der Waals surface area contributed by atoms with Crippen LogP contribution in [0.15, 0.2) is 42.5 Å². The molecule has 5 nitrogen and oxygen atoms in total. The molecule has 2 aromatic rings. The molecule has 0 fully saturated rings. The highest BCUT2D eigenvalue weighted by Gasteiger charge is 2.15. The molecule has 0 aliphatic carbocycles. The molecule has 0 unspecified atom stereocenters. The molecule has 0 atom stereocenters. The fourth-order valence-corrected chi connectivity index (χ4v) is 2.68. The van der Waals surface area contributed by atoms with Crippen LogP contribution in [-0.4, -0.2) is 24.2 Å². The summed E-state index contributed by atoms with van der Waals surface area (Å²) in [6.45, 7) is 5.27. The van der Waals surface area contributed by atoms with Crippen LogP contribution in [0.5, 0.6) is 11.5 Å². The summed E-state index contributed by atoms with van der Waals surface area (Å²) in [6, 6.07) is 13.0. The number of ether oxygens (including phenoxy) is 2. The second kappa shape index (κ2) is 7.53. The minimum Gasteiger partial charge on any atom is -0.486 e. The molecule has 0 aromatic heterocycles. The van der Waals surface area contributed by atoms with Gasteiger partial charge in [-0.3, -0.25) is 10.1 Å². The summed E-state index contributed by atoms with van der Waals surface area (Å²) >= 11 is 5.22. The SMILES string of the molecule is CC(C)c1ccc(NC(=S)NC(=O)c2ccc3c(c2)OCCO3)cc1. The number of fused-ring (bicyclic) bond motifs is 1. The lowest BCUT2D eigenvalue weighted by molar-refractivity contribution is 0.0976. The molecule has 1 heterocycles. The Morgan fingerprint density at radius 1 is 1.04 bits per heavy atom. The summed E-state index contributed by atoms with van der Waals surface area (Å²) in [5.41, 5.74) is 2.54. The van der Waals surface area contributed by atoms with Crippen LogP contribution < -0.4 is 20.1 Å². The number of benzene rings is 2. The first kappa shape index (κ1) is 17.2. The number of hydrogen-bond acceptors (Lipinski definition) is 4. The van der Waals surface area contributed by atoms with Crippen LogP contribution in [0.1, 0.15) is 35.7 Å². The molecule has 0 spiro atoms. The number of anilines is 1. The first-order valence-corrected chi connectivity index (χ1v) is 8.55. The number of hydrogen-bond donors (Lipinski definition) is 2. The van der Waals surface area contributed by atoms with Crippen LogP contribution in [0, 0.1) is 0 Å². The van der Waals surface area contributed by atoms with E-state index in [4.69, 9.17) is 21.7 Å². The van der Waals surface area contributed by atoms with Gasteiger partial charge in [0.2, 0.25) is 0 Å². The first-order valence-electron chi connectivity index (χ1n) is 8.15. The van der Waals surface area contributed by atoms with Gasteiger partial charge in [-0.15, -0.1) is 0 Å². The summed E-state index contributed by atoms with van der Waals surface area (Å²) < 4.78 is 10.9. The Kier molecular flexibility index (Phi) is 5.19. The first-order chi connectivity index (χ1) is 12.0. The van der Waals surface area contributed by atoms with Gasteiger partial charge >= 0.3 is 0 Å². The molecule has 0 saturated carbocycles. The maximum Gasteiger partial charge on any atom is 0.257 e. The van der Waals surface area contributed by atoms with Crippen molar-refractivity contribution in [1.82, 2.24) is 5.32 Å². The maximum atomic E-state index is 12.3. The topological polar surface area (TPSA) is 59.6 Å². The summed E-state index contributed by atoms with van der Waals surface area (Å²) in [7, 11) is 0. The van der Waals surface area contributed by atoms with Gasteiger partial charge in [-0.2, -0.15) is 0 Å². The molecular formula is C19H20N2O3S. The van der Waals surface area contributed by atoms with Crippen molar-refractivity contribution in [2.24, 2.45) is 0 Å². The summed E-state index contributed by atoms with van der Waals surface area (Å²) in [6.07, 6.45) is 0. The van der Waals surface area contributed by atoms with E-state index in [1.165, 1.54) is 5.56 Å². The van der Waals surface area contributed by atoms with Gasteiger partial charge in [0.25, 0.3) is 5.91 Å². The maximum absolute atomic E-state index is 12.3. The highest BCUT2D eigenvalue weighted by molar-refractivity contribution is 7.80. The van der Waals surface area contributed by atoms with Crippen molar-refractivity contribution in [3.05, 3.63) is 53.6 Å². The molecule has 130 valence electrons. The molecular weight excluding hydrogens is 336 g/mol. The molecule has 2 N–H and O–H groups in total. The summed E-state index contributed by atoms with van der Waals surface area (Å²) in [5, 5.41) is 5.94. The smallest absolute Gasteiger partial charge is 0.257 e. The molecule has 25 heavy (non-hydrogen) atoms. The van der Waals surface area contributed by atoms with Gasteiger partial charge in [0.05, 0.1) is 0 Å². The van der Waals surface area contributed by atoms with Crippen molar-refractivity contribution in [3.8, 4) is 11.5 Å². The molecule has 1 aliphatic rings. The van der Waals surface area contributed by atoms with Crippen LogP contribution >= 0.6 is 12.2 Å². The Bertz CT molecular complexity index is 788. The molecule has 0 radical (unpaired) electrons. The van der Waals surface area contributed by atoms with E-state index in [9.17, 15) is 4.79 Å². The standard InChI is InChI=1S/C19H20N2O3S/c1-12(2)13-3-6-15(7-4-13)20-19(25)21-18(22)14-5-8-16-17(11-14)24-10-9-23-16/h3-8,11-12H,9-10H2,1-2H3,(H2,20,21,22,25). The second-order valence-electron chi connectivity index (χ2n) is 6.04. The zero-order valence-corrected chi connectivity index (χ0v) is 15.0. The quantitative estimate of drug-likeness (QED) is 0.821. The molecule has 3 rings (SSSR count). The Morgan fingerprint density at radius 3 is 2.40 bits per heavy atom. The van der Waals surface area contributed by atoms with E-state index < -0.39 is 0 Å². The van der Waals surface area contributed by atoms with Gasteiger partial charge in [-0.25, -0.2) is 0 Å². The fourth-order valence-electron chi connectivity index (χ4n) is 2.47. The number of amides is 1. The van der Waals surface area contributed by atoms with Crippen LogP contribution in [0.4, 0.5) is 5.69 Å². The normalized spacial score (nSPS) is 12.6. The third kappa shape index (κ3) is 4.28. The van der Waals surface area contributed by atoms with Crippen LogP contribution in [-0.2, 0) is 0 Å². The highest BCUT2D eigenvalue weighted by atomic mass is 32.1. The lowest BCUT2D eigenvalue weighted by Gasteiger charge is -2.18. The average molecular weight is 356 g/mol. The summed E-state index contributed by atoms with van der Waals surface area (Å²) in [4.78, 5) is 12.3. The van der Waals surface area contributed by atoms with Crippen molar-refractivity contribution in [1.29, 1.82) is 0 Å². The zero-order valence-electron chi connectivity index (χ0n) is 14.2. The monoisotopic (exact) mass is 356 g/mol. The van der Waals surface area contributed by atoms with Crippen molar-refractivity contribution in [2.75, 3.05) is 18.5 Å². The van der Waals surface area contributed by atoms with E-state index in [2.05, 4.69) is 24.5 Å². The second-order valence-corrected chi connectivity index (χ2v) is 6.45. The van der Waals surface area contributed by atoms with E-state index in [0.717, 1.165) is 5.69 Å². The number of thiocarbonyl (C=S) groups is 1. The van der Waals surface area contributed by atoms with Crippen LogP contribution in [0.2, 0.25) is 0 Å². The molecule has 0 bridgehead atoms. The fraction of sp³-hybridized carbons (Fsp3) is 0.263. The largest absolute Gasteiger partial charge is 0.486 e. The van der Waals surface area contributed by atoms with E-state index >= 15 is 0 Å². The molecule has 2 aromatic carbocycles. The molecule has 1 amide bonds. The Hall–Kier alpha value is -2.60. The van der Waals surface area contributed by atoms with Gasteiger partial charge in [-0.1, -0.05) is 26.0 Å². The molecule has 6 heteroatoms. The third-order valence-electron chi connectivity index (χ3n) is 3.87. The predicted molar refractivity (Wildman–Crippen MR) is 102 cm³/mol. The number of nitrogens with one attached hydrogen (secondary N) is 2. The Labute approximate surface area is 152 Å². The van der Waals surface area contributed by atoms with E-state index in [1.54, 1.807) is 18.2 Å². The third-order valence-corrected chi connectivity index (χ3v) is 4.07. The van der Waals surface area contributed by atoms with E-state index in [1.807, 2.05) is 24.3 Å². The van der Waals surface area contributed by atoms with Gasteiger partial charge in [-0.05, 0) is 54.0 Å². The Morgan fingerprint density at radius 2 is 1.72 bits per heavy atom. The van der Waals surface area contributed by atoms with Crippen LogP contribution in [0.3, 0.4) is 0 Å². The lowest BCUT2D eigenvalue weighted by atomic mass is 10.0. The minimum atomic E-state index is -0.298. The minimum absolute atomic E-state index is 0.247. The van der Waals surface area contributed by atoms with Gasteiger partial charge in [0.1, 0.15) is 13.2 Å². The summed E-state index contributed by atoms with van der Waals surface area (Å²) in [5.74, 6) is 1.39. The number of rotatable bonds is 3. The van der Waals surface area contributed by atoms with Crippen LogP contribution in [0.25, 0.3) is 0 Å². The van der Waals surface area contributed by atoms with Gasteiger partial charge < -0.3 is 14.8 Å². The van der Waals surface area contributed by atoms with Gasteiger partial charge in [0, 0.05) is 11.3 Å². The van der Waals surface area contributed by atoms with Crippen molar-refractivity contribution in [2.45, 2.75) is 19.8 Å². The lowest BCUT2D eigenvalue weighted by Crippen LogP contribution is -2.34. The average Bonchev–Trinajstić information content (AvgIpc) is 2.61. The molecule has 1 aliphatic heterocycles. The highest BCUT2D eigenvalue weighted by Crippen LogP contribution is 2.30. The predicted octanol–water partition coefficient (Wildman–Crippen LogP) is 3.71. The van der Waals surface area contributed by atoms with Gasteiger partial charge in [0.15, 0.2) is 16.6 Å². The Balaban J connectivity index is 1.61. The number of carbonyl (C=O) groups excluding carboxylic acids is 1.